The second kappa shape index (κ2) is 6.01. The number of anilines is 2. The quantitative estimate of drug-likeness (QED) is 0.803. The molecular weight excluding hydrogens is 276 g/mol. The summed E-state index contributed by atoms with van der Waals surface area (Å²) in [6.07, 6.45) is 5.73. The molecule has 0 unspecified atom stereocenters. The highest BCUT2D eigenvalue weighted by Crippen LogP contribution is 2.32. The lowest BCUT2D eigenvalue weighted by Crippen LogP contribution is -2.36. The summed E-state index contributed by atoms with van der Waals surface area (Å²) < 4.78 is 23.1. The van der Waals surface area contributed by atoms with E-state index in [0.717, 1.165) is 18.5 Å². The summed E-state index contributed by atoms with van der Waals surface area (Å²) in [7, 11) is -3.25. The first-order valence-corrected chi connectivity index (χ1v) is 8.79. The third kappa shape index (κ3) is 3.24. The molecule has 1 aromatic carbocycles. The van der Waals surface area contributed by atoms with E-state index in [9.17, 15) is 13.5 Å². The van der Waals surface area contributed by atoms with E-state index in [1.54, 1.807) is 12.1 Å². The predicted octanol–water partition coefficient (Wildman–Crippen LogP) is 1.41. The Balaban J connectivity index is 2.33. The van der Waals surface area contributed by atoms with E-state index < -0.39 is 9.84 Å². The van der Waals surface area contributed by atoms with Gasteiger partial charge >= 0.3 is 0 Å². The van der Waals surface area contributed by atoms with E-state index in [2.05, 4.69) is 4.90 Å². The van der Waals surface area contributed by atoms with Gasteiger partial charge in [-0.2, -0.15) is 0 Å². The number of nitrogens with zero attached hydrogens (tertiary/aromatic N) is 1. The van der Waals surface area contributed by atoms with Crippen molar-refractivity contribution in [2.24, 2.45) is 0 Å². The molecule has 3 N–H and O–H groups in total. The molecule has 0 amide bonds. The van der Waals surface area contributed by atoms with Crippen molar-refractivity contribution in [3.63, 3.8) is 0 Å². The zero-order valence-electron chi connectivity index (χ0n) is 11.7. The van der Waals surface area contributed by atoms with Gasteiger partial charge in [0.15, 0.2) is 9.84 Å². The Kier molecular flexibility index (Phi) is 4.55. The van der Waals surface area contributed by atoms with Crippen LogP contribution in [0.4, 0.5) is 11.4 Å². The second-order valence-corrected chi connectivity index (χ2v) is 7.36. The molecule has 0 radical (unpaired) electrons. The number of benzene rings is 1. The van der Waals surface area contributed by atoms with Crippen molar-refractivity contribution >= 4 is 21.2 Å². The summed E-state index contributed by atoms with van der Waals surface area (Å²) in [4.78, 5) is 2.34. The van der Waals surface area contributed by atoms with E-state index in [1.165, 1.54) is 25.2 Å². The van der Waals surface area contributed by atoms with Crippen LogP contribution in [-0.4, -0.2) is 39.0 Å². The maximum absolute atomic E-state index is 11.5. The number of sulfone groups is 1. The fourth-order valence-electron chi connectivity index (χ4n) is 2.85. The fourth-order valence-corrected chi connectivity index (χ4v) is 3.50. The third-order valence-electron chi connectivity index (χ3n) is 3.84. The summed E-state index contributed by atoms with van der Waals surface area (Å²) in [5.41, 5.74) is 7.30. The molecule has 0 aliphatic heterocycles. The molecule has 0 heterocycles. The number of aliphatic hydroxyl groups excluding tert-OH is 1. The molecule has 1 aliphatic carbocycles. The lowest BCUT2D eigenvalue weighted by molar-refractivity contribution is 0.297. The summed E-state index contributed by atoms with van der Waals surface area (Å²) in [6.45, 7) is 0.580. The maximum Gasteiger partial charge on any atom is 0.175 e. The van der Waals surface area contributed by atoms with Gasteiger partial charge in [0.2, 0.25) is 0 Å². The van der Waals surface area contributed by atoms with Crippen LogP contribution in [0.5, 0.6) is 0 Å². The van der Waals surface area contributed by atoms with Crippen molar-refractivity contribution in [3.05, 3.63) is 18.2 Å². The van der Waals surface area contributed by atoms with Crippen molar-refractivity contribution in [1.29, 1.82) is 0 Å². The van der Waals surface area contributed by atoms with Crippen molar-refractivity contribution < 1.29 is 13.5 Å². The maximum atomic E-state index is 11.5. The minimum atomic E-state index is -3.25. The largest absolute Gasteiger partial charge is 0.397 e. The first kappa shape index (κ1) is 15.1. The number of aliphatic hydroxyl groups is 1. The molecule has 0 spiro atoms. The number of nitrogen functional groups attached to an aromatic ring is 1. The molecule has 6 heteroatoms. The lowest BCUT2D eigenvalue weighted by Gasteiger charge is -2.31. The van der Waals surface area contributed by atoms with Crippen molar-refractivity contribution in [2.45, 2.75) is 36.6 Å². The van der Waals surface area contributed by atoms with Gasteiger partial charge in [0.1, 0.15) is 0 Å². The molecular formula is C14H22N2O3S. The highest BCUT2D eigenvalue weighted by atomic mass is 32.2. The summed E-state index contributed by atoms with van der Waals surface area (Å²) >= 11 is 0. The molecule has 112 valence electrons. The fraction of sp³-hybridized carbons (Fsp3) is 0.571. The van der Waals surface area contributed by atoms with Crippen molar-refractivity contribution in [2.75, 3.05) is 30.0 Å². The second-order valence-electron chi connectivity index (χ2n) is 5.35. The lowest BCUT2D eigenvalue weighted by atomic mass is 10.1. The molecule has 20 heavy (non-hydrogen) atoms. The molecule has 5 nitrogen and oxygen atoms in total. The first-order valence-electron chi connectivity index (χ1n) is 6.90. The van der Waals surface area contributed by atoms with Gasteiger partial charge in [-0.05, 0) is 31.0 Å². The van der Waals surface area contributed by atoms with Crippen LogP contribution in [0, 0.1) is 0 Å². The van der Waals surface area contributed by atoms with Crippen LogP contribution >= 0.6 is 0 Å². The van der Waals surface area contributed by atoms with Gasteiger partial charge in [0.25, 0.3) is 0 Å². The number of hydrogen-bond donors (Lipinski definition) is 2. The van der Waals surface area contributed by atoms with Gasteiger partial charge in [-0.3, -0.25) is 0 Å². The van der Waals surface area contributed by atoms with Crippen LogP contribution in [0.3, 0.4) is 0 Å². The van der Waals surface area contributed by atoms with E-state index in [4.69, 9.17) is 5.73 Å². The Morgan fingerprint density at radius 3 is 2.50 bits per heavy atom. The summed E-state index contributed by atoms with van der Waals surface area (Å²) in [5, 5.41) is 9.25. The van der Waals surface area contributed by atoms with E-state index in [0.29, 0.717) is 18.3 Å². The highest BCUT2D eigenvalue weighted by Gasteiger charge is 2.24. The van der Waals surface area contributed by atoms with Gasteiger partial charge in [-0.25, -0.2) is 8.42 Å². The van der Waals surface area contributed by atoms with Gasteiger partial charge in [-0.15, -0.1) is 0 Å². The molecule has 1 aromatic rings. The molecule has 0 aromatic heterocycles. The topological polar surface area (TPSA) is 83.6 Å². The average molecular weight is 298 g/mol. The SMILES string of the molecule is CS(=O)(=O)c1ccc(N(CCO)C2CCCC2)c(N)c1. The normalized spacial score (nSPS) is 16.5. The number of hydrogen-bond acceptors (Lipinski definition) is 5. The smallest absolute Gasteiger partial charge is 0.175 e. The first-order chi connectivity index (χ1) is 9.43. The average Bonchev–Trinajstić information content (AvgIpc) is 2.89. The van der Waals surface area contributed by atoms with Crippen LogP contribution in [0.1, 0.15) is 25.7 Å². The van der Waals surface area contributed by atoms with Gasteiger partial charge < -0.3 is 15.7 Å². The van der Waals surface area contributed by atoms with E-state index in [-0.39, 0.29) is 11.5 Å². The van der Waals surface area contributed by atoms with E-state index in [1.807, 2.05) is 0 Å². The summed E-state index contributed by atoms with van der Waals surface area (Å²) in [5.74, 6) is 0. The molecule has 1 saturated carbocycles. The van der Waals surface area contributed by atoms with Gasteiger partial charge in [-0.1, -0.05) is 12.8 Å². The van der Waals surface area contributed by atoms with Gasteiger partial charge in [0.05, 0.1) is 22.9 Å². The van der Waals surface area contributed by atoms with Crippen LogP contribution in [0.2, 0.25) is 0 Å². The van der Waals surface area contributed by atoms with Crippen LogP contribution in [-0.2, 0) is 9.84 Å². The molecule has 0 atom stereocenters. The Labute approximate surface area is 120 Å². The van der Waals surface area contributed by atoms with Crippen LogP contribution in [0.25, 0.3) is 0 Å². The monoisotopic (exact) mass is 298 g/mol. The standard InChI is InChI=1S/C14H22N2O3S/c1-20(18,19)12-6-7-14(13(15)10-12)16(8-9-17)11-4-2-3-5-11/h6-7,10-11,17H,2-5,8-9,15H2,1H3. The van der Waals surface area contributed by atoms with Crippen molar-refractivity contribution in [3.8, 4) is 0 Å². The molecule has 0 bridgehead atoms. The number of rotatable bonds is 5. The van der Waals surface area contributed by atoms with Crippen LogP contribution < -0.4 is 10.6 Å². The highest BCUT2D eigenvalue weighted by molar-refractivity contribution is 7.90. The van der Waals surface area contributed by atoms with Crippen molar-refractivity contribution in [1.82, 2.24) is 0 Å². The Hall–Kier alpha value is -1.27. The predicted molar refractivity (Wildman–Crippen MR) is 80.7 cm³/mol. The Morgan fingerprint density at radius 2 is 2.00 bits per heavy atom. The zero-order chi connectivity index (χ0) is 14.8. The molecule has 1 fully saturated rings. The van der Waals surface area contributed by atoms with E-state index >= 15 is 0 Å². The third-order valence-corrected chi connectivity index (χ3v) is 4.95. The molecule has 0 saturated heterocycles. The Morgan fingerprint density at radius 1 is 1.35 bits per heavy atom. The molecule has 2 rings (SSSR count). The summed E-state index contributed by atoms with van der Waals surface area (Å²) in [6, 6.07) is 5.22. The molecule has 1 aliphatic rings. The Bertz CT molecular complexity index is 566. The minimum absolute atomic E-state index is 0.0593. The number of nitrogens with two attached hydrogens (primary N) is 1. The van der Waals surface area contributed by atoms with Crippen LogP contribution in [0.15, 0.2) is 23.1 Å². The van der Waals surface area contributed by atoms with Gasteiger partial charge in [0, 0.05) is 18.8 Å². The zero-order valence-corrected chi connectivity index (χ0v) is 12.6. The minimum Gasteiger partial charge on any atom is -0.397 e.